The van der Waals surface area contributed by atoms with Crippen LogP contribution in [0.5, 0.6) is 5.75 Å². The Bertz CT molecular complexity index is 362. The largest absolute Gasteiger partial charge is 0.491 e. The first-order valence-electron chi connectivity index (χ1n) is 6.22. The van der Waals surface area contributed by atoms with E-state index in [1.807, 2.05) is 24.3 Å². The highest BCUT2D eigenvalue weighted by Gasteiger charge is 2.14. The average Bonchev–Trinajstić information content (AvgIpc) is 2.42. The minimum absolute atomic E-state index is 0.126. The lowest BCUT2D eigenvalue weighted by Crippen LogP contribution is -2.37. The number of unbranched alkanes of at least 4 members (excludes halogenated alkanes) is 1. The average molecular weight is 251 g/mol. The summed E-state index contributed by atoms with van der Waals surface area (Å²) in [6, 6.07) is 7.13. The number of nitrogens with two attached hydrogens (primary N) is 1. The van der Waals surface area contributed by atoms with Crippen LogP contribution in [0.3, 0.4) is 0 Å². The van der Waals surface area contributed by atoms with Gasteiger partial charge in [0.15, 0.2) is 0 Å². The van der Waals surface area contributed by atoms with E-state index in [0.29, 0.717) is 0 Å². The van der Waals surface area contributed by atoms with Crippen LogP contribution in [0, 0.1) is 0 Å². The Balaban J connectivity index is 2.41. The summed E-state index contributed by atoms with van der Waals surface area (Å²) in [5.41, 5.74) is 6.86. The molecule has 0 aliphatic rings. The second-order valence-electron chi connectivity index (χ2n) is 4.19. The van der Waals surface area contributed by atoms with Gasteiger partial charge in [-0.05, 0) is 30.5 Å². The van der Waals surface area contributed by atoms with E-state index in [-0.39, 0.29) is 6.61 Å². The van der Waals surface area contributed by atoms with E-state index in [2.05, 4.69) is 11.7 Å². The third-order valence-electron chi connectivity index (χ3n) is 2.68. The fraction of sp³-hybridized carbons (Fsp3) is 0.500. The molecule has 1 rings (SSSR count). The summed E-state index contributed by atoms with van der Waals surface area (Å²) in [7, 11) is 1.31. The lowest BCUT2D eigenvalue weighted by atomic mass is 10.1. The van der Waals surface area contributed by atoms with Gasteiger partial charge in [-0.2, -0.15) is 0 Å². The third kappa shape index (κ3) is 4.75. The highest BCUT2D eigenvalue weighted by atomic mass is 16.5. The van der Waals surface area contributed by atoms with E-state index in [4.69, 9.17) is 10.5 Å². The van der Waals surface area contributed by atoms with Gasteiger partial charge in [0.2, 0.25) is 0 Å². The summed E-state index contributed by atoms with van der Waals surface area (Å²) in [5, 5.41) is 0. The lowest BCUT2D eigenvalue weighted by molar-refractivity contribution is -0.142. The quantitative estimate of drug-likeness (QED) is 0.752. The molecule has 1 atom stereocenters. The zero-order chi connectivity index (χ0) is 13.4. The molecule has 4 nitrogen and oxygen atoms in total. The van der Waals surface area contributed by atoms with Crippen molar-refractivity contribution in [2.24, 2.45) is 5.73 Å². The minimum Gasteiger partial charge on any atom is -0.491 e. The van der Waals surface area contributed by atoms with Crippen molar-refractivity contribution < 1.29 is 14.3 Å². The molecule has 0 spiro atoms. The number of aryl methyl sites for hydroxylation is 1. The fourth-order valence-electron chi connectivity index (χ4n) is 1.54. The van der Waals surface area contributed by atoms with Gasteiger partial charge in [0.1, 0.15) is 18.4 Å². The summed E-state index contributed by atoms with van der Waals surface area (Å²) in [5.74, 6) is 0.254. The molecule has 0 aromatic heterocycles. The topological polar surface area (TPSA) is 61.5 Å². The summed E-state index contributed by atoms with van der Waals surface area (Å²) in [4.78, 5) is 11.1. The van der Waals surface area contributed by atoms with Crippen molar-refractivity contribution in [2.45, 2.75) is 32.2 Å². The second kappa shape index (κ2) is 7.71. The van der Waals surface area contributed by atoms with Crippen molar-refractivity contribution >= 4 is 5.97 Å². The van der Waals surface area contributed by atoms with E-state index in [1.165, 1.54) is 25.5 Å². The second-order valence-corrected chi connectivity index (χ2v) is 4.19. The molecular weight excluding hydrogens is 230 g/mol. The molecule has 0 radical (unpaired) electrons. The molecule has 1 aromatic rings. The number of carbonyl (C=O) groups excluding carboxylic acids is 1. The van der Waals surface area contributed by atoms with Crippen molar-refractivity contribution in [1.29, 1.82) is 0 Å². The number of hydrogen-bond donors (Lipinski definition) is 1. The van der Waals surface area contributed by atoms with Crippen LogP contribution in [0.1, 0.15) is 25.3 Å². The van der Waals surface area contributed by atoms with Crippen LogP contribution >= 0.6 is 0 Å². The smallest absolute Gasteiger partial charge is 0.326 e. The van der Waals surface area contributed by atoms with E-state index in [9.17, 15) is 4.79 Å². The van der Waals surface area contributed by atoms with Gasteiger partial charge >= 0.3 is 5.97 Å². The molecule has 4 heteroatoms. The van der Waals surface area contributed by atoms with Crippen LogP contribution in [0.4, 0.5) is 0 Å². The number of esters is 1. The van der Waals surface area contributed by atoms with Gasteiger partial charge < -0.3 is 15.2 Å². The molecule has 0 heterocycles. The Morgan fingerprint density at radius 2 is 2.00 bits per heavy atom. The number of carbonyl (C=O) groups is 1. The predicted molar refractivity (Wildman–Crippen MR) is 70.5 cm³/mol. The normalized spacial score (nSPS) is 11.9. The highest BCUT2D eigenvalue weighted by molar-refractivity contribution is 5.75. The molecule has 0 amide bonds. The van der Waals surface area contributed by atoms with Crippen molar-refractivity contribution in [3.63, 3.8) is 0 Å². The zero-order valence-electron chi connectivity index (χ0n) is 11.0. The maximum Gasteiger partial charge on any atom is 0.326 e. The molecule has 0 bridgehead atoms. The fourth-order valence-corrected chi connectivity index (χ4v) is 1.54. The van der Waals surface area contributed by atoms with E-state index >= 15 is 0 Å². The Morgan fingerprint density at radius 1 is 1.33 bits per heavy atom. The number of methoxy groups -OCH3 is 1. The van der Waals surface area contributed by atoms with Crippen LogP contribution in [0.2, 0.25) is 0 Å². The maximum atomic E-state index is 11.1. The summed E-state index contributed by atoms with van der Waals surface area (Å²) < 4.78 is 9.94. The van der Waals surface area contributed by atoms with Crippen LogP contribution in [-0.4, -0.2) is 25.7 Å². The van der Waals surface area contributed by atoms with Crippen molar-refractivity contribution in [2.75, 3.05) is 13.7 Å². The molecule has 1 aromatic carbocycles. The summed E-state index contributed by atoms with van der Waals surface area (Å²) >= 11 is 0. The molecule has 2 N–H and O–H groups in total. The van der Waals surface area contributed by atoms with Crippen LogP contribution in [0.25, 0.3) is 0 Å². The summed E-state index contributed by atoms with van der Waals surface area (Å²) in [6.45, 7) is 2.30. The van der Waals surface area contributed by atoms with Crippen LogP contribution in [0.15, 0.2) is 24.3 Å². The Morgan fingerprint density at radius 3 is 2.56 bits per heavy atom. The van der Waals surface area contributed by atoms with E-state index < -0.39 is 12.0 Å². The molecule has 0 aliphatic heterocycles. The number of rotatable bonds is 7. The van der Waals surface area contributed by atoms with Crippen LogP contribution < -0.4 is 10.5 Å². The maximum absolute atomic E-state index is 11.1. The molecule has 0 saturated heterocycles. The number of hydrogen-bond acceptors (Lipinski definition) is 4. The van der Waals surface area contributed by atoms with E-state index in [0.717, 1.165) is 12.2 Å². The first kappa shape index (κ1) is 14.5. The lowest BCUT2D eigenvalue weighted by Gasteiger charge is -2.11. The molecule has 100 valence electrons. The Hall–Kier alpha value is -1.55. The standard InChI is InChI=1S/C14H21NO3/c1-3-4-5-11-6-8-12(9-7-11)18-10-13(15)14(16)17-2/h6-9,13H,3-5,10,15H2,1-2H3/t13-/m0/s1. The minimum atomic E-state index is -0.741. The zero-order valence-corrected chi connectivity index (χ0v) is 11.0. The molecular formula is C14H21NO3. The van der Waals surface area contributed by atoms with Gasteiger partial charge in [0.05, 0.1) is 7.11 Å². The Labute approximate surface area is 108 Å². The molecule has 0 aliphatic carbocycles. The van der Waals surface area contributed by atoms with Crippen molar-refractivity contribution in [3.8, 4) is 5.75 Å². The van der Waals surface area contributed by atoms with Crippen molar-refractivity contribution in [1.82, 2.24) is 0 Å². The molecule has 0 saturated carbocycles. The third-order valence-corrected chi connectivity index (χ3v) is 2.68. The van der Waals surface area contributed by atoms with Crippen molar-refractivity contribution in [3.05, 3.63) is 29.8 Å². The summed E-state index contributed by atoms with van der Waals surface area (Å²) in [6.07, 6.45) is 3.46. The van der Waals surface area contributed by atoms with Gasteiger partial charge in [0, 0.05) is 0 Å². The van der Waals surface area contributed by atoms with Gasteiger partial charge in [-0.15, -0.1) is 0 Å². The monoisotopic (exact) mass is 251 g/mol. The first-order chi connectivity index (χ1) is 8.67. The highest BCUT2D eigenvalue weighted by Crippen LogP contribution is 2.14. The number of benzene rings is 1. The van der Waals surface area contributed by atoms with Crippen LogP contribution in [-0.2, 0) is 16.0 Å². The van der Waals surface area contributed by atoms with Gasteiger partial charge in [-0.3, -0.25) is 4.79 Å². The van der Waals surface area contributed by atoms with E-state index in [1.54, 1.807) is 0 Å². The first-order valence-corrected chi connectivity index (χ1v) is 6.22. The molecule has 18 heavy (non-hydrogen) atoms. The SMILES string of the molecule is CCCCc1ccc(OC[C@H](N)C(=O)OC)cc1. The van der Waals surface area contributed by atoms with Gasteiger partial charge in [-0.1, -0.05) is 25.5 Å². The molecule has 0 unspecified atom stereocenters. The van der Waals surface area contributed by atoms with Gasteiger partial charge in [-0.25, -0.2) is 0 Å². The molecule has 0 fully saturated rings. The predicted octanol–water partition coefficient (Wildman–Crippen LogP) is 1.91. The Kier molecular flexibility index (Phi) is 6.22. The number of ether oxygens (including phenoxy) is 2. The van der Waals surface area contributed by atoms with Gasteiger partial charge in [0.25, 0.3) is 0 Å².